The largest absolute Gasteiger partial charge is 0.370 e. The maximum absolute atomic E-state index is 5.93. The van der Waals surface area contributed by atoms with E-state index in [0.717, 1.165) is 31.0 Å². The Morgan fingerprint density at radius 2 is 1.79 bits per heavy atom. The Morgan fingerprint density at radius 1 is 1.05 bits per heavy atom. The molecule has 0 aromatic heterocycles. The molecule has 3 aliphatic rings. The molecule has 4 nitrogen and oxygen atoms in total. The number of likely N-dealkylation sites (tertiary alicyclic amines) is 1. The topological polar surface area (TPSA) is 53.6 Å². The van der Waals surface area contributed by atoms with Crippen molar-refractivity contribution in [3.8, 4) is 0 Å². The summed E-state index contributed by atoms with van der Waals surface area (Å²) in [6, 6.07) is 0.933. The second-order valence-electron chi connectivity index (χ2n) is 6.61. The van der Waals surface area contributed by atoms with Crippen molar-refractivity contribution in [2.24, 2.45) is 22.6 Å². The second kappa shape index (κ2) is 6.12. The molecule has 108 valence electrons. The zero-order chi connectivity index (χ0) is 13.1. The van der Waals surface area contributed by atoms with Gasteiger partial charge in [0.05, 0.1) is 0 Å². The molecular formula is C15H28N4. The van der Waals surface area contributed by atoms with Gasteiger partial charge in [-0.1, -0.05) is 6.42 Å². The first-order valence-electron chi connectivity index (χ1n) is 8.09. The lowest BCUT2D eigenvalue weighted by Crippen LogP contribution is -2.41. The summed E-state index contributed by atoms with van der Waals surface area (Å²) in [4.78, 5) is 7.13. The van der Waals surface area contributed by atoms with E-state index in [-0.39, 0.29) is 0 Å². The van der Waals surface area contributed by atoms with E-state index < -0.39 is 0 Å². The van der Waals surface area contributed by atoms with Crippen molar-refractivity contribution in [3.05, 3.63) is 0 Å². The Bertz CT molecular complexity index is 312. The molecule has 3 N–H and O–H groups in total. The highest BCUT2D eigenvalue weighted by Gasteiger charge is 2.31. The highest BCUT2D eigenvalue weighted by atomic mass is 15.2. The van der Waals surface area contributed by atoms with Crippen LogP contribution in [-0.4, -0.2) is 43.1 Å². The number of nitrogens with zero attached hydrogens (tertiary/aromatic N) is 2. The number of hydrogen-bond donors (Lipinski definition) is 2. The quantitative estimate of drug-likeness (QED) is 0.585. The summed E-state index contributed by atoms with van der Waals surface area (Å²) >= 11 is 0. The molecule has 4 heteroatoms. The molecule has 0 unspecified atom stereocenters. The first kappa shape index (κ1) is 13.2. The zero-order valence-electron chi connectivity index (χ0n) is 12.0. The van der Waals surface area contributed by atoms with Gasteiger partial charge in [0.1, 0.15) is 0 Å². The lowest BCUT2D eigenvalue weighted by molar-refractivity contribution is 0.177. The standard InChI is InChI=1S/C15H28N4/c16-15(17-10-12-2-1-3-12)18-11-13-6-8-19(9-7-13)14-4-5-14/h12-14H,1-11H2,(H3,16,17,18). The summed E-state index contributed by atoms with van der Waals surface area (Å²) < 4.78 is 0. The smallest absolute Gasteiger partial charge is 0.188 e. The van der Waals surface area contributed by atoms with E-state index in [1.165, 1.54) is 58.0 Å². The first-order valence-corrected chi connectivity index (χ1v) is 8.09. The highest BCUT2D eigenvalue weighted by Crippen LogP contribution is 2.30. The van der Waals surface area contributed by atoms with Crippen molar-refractivity contribution >= 4 is 5.96 Å². The Balaban J connectivity index is 1.30. The number of guanidine groups is 1. The predicted octanol–water partition coefficient (Wildman–Crippen LogP) is 1.57. The third kappa shape index (κ3) is 3.85. The van der Waals surface area contributed by atoms with Gasteiger partial charge in [-0.05, 0) is 63.5 Å². The first-order chi connectivity index (χ1) is 9.31. The third-order valence-electron chi connectivity index (χ3n) is 5.03. The van der Waals surface area contributed by atoms with Crippen LogP contribution in [0.5, 0.6) is 0 Å². The molecule has 0 aromatic rings. The molecular weight excluding hydrogens is 236 g/mol. The van der Waals surface area contributed by atoms with E-state index in [1.807, 2.05) is 0 Å². The second-order valence-corrected chi connectivity index (χ2v) is 6.61. The summed E-state index contributed by atoms with van der Waals surface area (Å²) in [6.45, 7) is 4.52. The minimum atomic E-state index is 0.663. The van der Waals surface area contributed by atoms with E-state index in [4.69, 9.17) is 5.73 Å². The van der Waals surface area contributed by atoms with Gasteiger partial charge < -0.3 is 16.0 Å². The minimum Gasteiger partial charge on any atom is -0.370 e. The molecule has 3 rings (SSSR count). The van der Waals surface area contributed by atoms with Crippen molar-refractivity contribution < 1.29 is 0 Å². The fraction of sp³-hybridized carbons (Fsp3) is 0.933. The van der Waals surface area contributed by atoms with E-state index in [9.17, 15) is 0 Å². The van der Waals surface area contributed by atoms with Gasteiger partial charge in [-0.2, -0.15) is 0 Å². The molecule has 0 bridgehead atoms. The number of rotatable bonds is 5. The van der Waals surface area contributed by atoms with Gasteiger partial charge in [0.15, 0.2) is 5.96 Å². The molecule has 0 atom stereocenters. The Morgan fingerprint density at radius 3 is 2.37 bits per heavy atom. The van der Waals surface area contributed by atoms with Crippen LogP contribution in [-0.2, 0) is 0 Å². The monoisotopic (exact) mass is 264 g/mol. The predicted molar refractivity (Wildman–Crippen MR) is 79.2 cm³/mol. The van der Waals surface area contributed by atoms with Gasteiger partial charge in [-0.15, -0.1) is 0 Å². The number of hydrogen-bond acceptors (Lipinski definition) is 2. The van der Waals surface area contributed by atoms with Crippen molar-refractivity contribution in [2.75, 3.05) is 26.2 Å². The summed E-state index contributed by atoms with van der Waals surface area (Å²) in [7, 11) is 0. The summed E-state index contributed by atoms with van der Waals surface area (Å²) in [5.74, 6) is 2.26. The molecule has 2 aliphatic carbocycles. The Labute approximate surface area is 116 Å². The van der Waals surface area contributed by atoms with Crippen LogP contribution in [0.1, 0.15) is 44.9 Å². The molecule has 0 radical (unpaired) electrons. The van der Waals surface area contributed by atoms with Crippen LogP contribution >= 0.6 is 0 Å². The summed E-state index contributed by atoms with van der Waals surface area (Å²) in [6.07, 6.45) is 9.58. The average molecular weight is 264 g/mol. The SMILES string of the molecule is NC(=NCC1CCC1)NCC1CCN(C2CC2)CC1. The number of piperidine rings is 1. The number of aliphatic imine (C=N–C) groups is 1. The van der Waals surface area contributed by atoms with Crippen LogP contribution in [0.15, 0.2) is 4.99 Å². The van der Waals surface area contributed by atoms with Gasteiger partial charge in [-0.3, -0.25) is 4.99 Å². The fourth-order valence-corrected chi connectivity index (χ4v) is 3.17. The lowest BCUT2D eigenvalue weighted by atomic mass is 9.86. The lowest BCUT2D eigenvalue weighted by Gasteiger charge is -2.32. The molecule has 0 aromatic carbocycles. The maximum atomic E-state index is 5.93. The van der Waals surface area contributed by atoms with E-state index in [1.54, 1.807) is 0 Å². The van der Waals surface area contributed by atoms with Crippen LogP contribution < -0.4 is 11.1 Å². The number of nitrogens with one attached hydrogen (secondary N) is 1. The summed E-state index contributed by atoms with van der Waals surface area (Å²) in [5.41, 5.74) is 5.93. The molecule has 0 amide bonds. The minimum absolute atomic E-state index is 0.663. The molecule has 0 spiro atoms. The van der Waals surface area contributed by atoms with Crippen molar-refractivity contribution in [1.82, 2.24) is 10.2 Å². The van der Waals surface area contributed by atoms with Crippen LogP contribution in [0.25, 0.3) is 0 Å². The van der Waals surface area contributed by atoms with Crippen molar-refractivity contribution in [1.29, 1.82) is 0 Å². The Hall–Kier alpha value is -0.770. The summed E-state index contributed by atoms with van der Waals surface area (Å²) in [5, 5.41) is 3.32. The fourth-order valence-electron chi connectivity index (χ4n) is 3.17. The van der Waals surface area contributed by atoms with Gasteiger partial charge in [0.2, 0.25) is 0 Å². The van der Waals surface area contributed by atoms with Crippen LogP contribution in [0, 0.1) is 11.8 Å². The Kier molecular flexibility index (Phi) is 4.26. The van der Waals surface area contributed by atoms with Crippen molar-refractivity contribution in [2.45, 2.75) is 51.0 Å². The maximum Gasteiger partial charge on any atom is 0.188 e. The van der Waals surface area contributed by atoms with E-state index >= 15 is 0 Å². The average Bonchev–Trinajstić information content (AvgIpc) is 3.19. The van der Waals surface area contributed by atoms with Gasteiger partial charge >= 0.3 is 0 Å². The molecule has 1 aliphatic heterocycles. The normalized spacial score (nSPS) is 27.3. The number of nitrogens with two attached hydrogens (primary N) is 1. The van der Waals surface area contributed by atoms with Crippen LogP contribution in [0.4, 0.5) is 0 Å². The molecule has 1 saturated heterocycles. The van der Waals surface area contributed by atoms with Crippen molar-refractivity contribution in [3.63, 3.8) is 0 Å². The molecule has 1 heterocycles. The van der Waals surface area contributed by atoms with Crippen LogP contribution in [0.2, 0.25) is 0 Å². The van der Waals surface area contributed by atoms with Gasteiger partial charge in [-0.25, -0.2) is 0 Å². The molecule has 3 fully saturated rings. The van der Waals surface area contributed by atoms with E-state index in [2.05, 4.69) is 15.2 Å². The molecule has 19 heavy (non-hydrogen) atoms. The molecule has 2 saturated carbocycles. The third-order valence-corrected chi connectivity index (χ3v) is 5.03. The van der Waals surface area contributed by atoms with E-state index in [0.29, 0.717) is 5.96 Å². The van der Waals surface area contributed by atoms with Crippen LogP contribution in [0.3, 0.4) is 0 Å². The zero-order valence-corrected chi connectivity index (χ0v) is 12.0. The highest BCUT2D eigenvalue weighted by molar-refractivity contribution is 5.77. The van der Waals surface area contributed by atoms with Gasteiger partial charge in [0, 0.05) is 19.1 Å². The van der Waals surface area contributed by atoms with Gasteiger partial charge in [0.25, 0.3) is 0 Å².